The molecule has 0 aliphatic rings. The molecule has 2 aromatic carbocycles. The first-order valence-electron chi connectivity index (χ1n) is 7.36. The van der Waals surface area contributed by atoms with E-state index in [1.54, 1.807) is 49.5 Å². The van der Waals surface area contributed by atoms with Crippen LogP contribution in [0.15, 0.2) is 47.5 Å². The molecule has 0 unspecified atom stereocenters. The molecule has 0 radical (unpaired) electrons. The monoisotopic (exact) mass is 360 g/mol. The number of esters is 1. The largest absolute Gasteiger partial charge is 0.461 e. The van der Waals surface area contributed by atoms with Gasteiger partial charge in [-0.25, -0.2) is 4.79 Å². The first-order chi connectivity index (χ1) is 11.6. The summed E-state index contributed by atoms with van der Waals surface area (Å²) in [6.07, 6.45) is 1.63. The number of aliphatic imine (C=N–C) groups is 1. The van der Waals surface area contributed by atoms with Crippen molar-refractivity contribution in [2.45, 2.75) is 6.92 Å². The summed E-state index contributed by atoms with van der Waals surface area (Å²) in [7, 11) is 0. The van der Waals surface area contributed by atoms with Crippen LogP contribution in [0, 0.1) is 0 Å². The molecular formula is C18H14Cl2N2O2. The first-order valence-corrected chi connectivity index (χ1v) is 8.12. The van der Waals surface area contributed by atoms with Crippen LogP contribution in [0.25, 0.3) is 10.9 Å². The maximum atomic E-state index is 12.2. The topological polar surface area (TPSA) is 54.5 Å². The van der Waals surface area contributed by atoms with Gasteiger partial charge in [-0.15, -0.1) is 0 Å². The van der Waals surface area contributed by atoms with Gasteiger partial charge in [0.25, 0.3) is 0 Å². The van der Waals surface area contributed by atoms with E-state index in [9.17, 15) is 4.79 Å². The van der Waals surface area contributed by atoms with Gasteiger partial charge in [0.2, 0.25) is 0 Å². The Morgan fingerprint density at radius 3 is 2.58 bits per heavy atom. The summed E-state index contributed by atoms with van der Waals surface area (Å²) >= 11 is 12.0. The second-order valence-corrected chi connectivity index (χ2v) is 5.93. The summed E-state index contributed by atoms with van der Waals surface area (Å²) in [4.78, 5) is 19.7. The number of nitrogens with one attached hydrogen (secondary N) is 1. The zero-order valence-electron chi connectivity index (χ0n) is 12.8. The van der Waals surface area contributed by atoms with E-state index in [0.717, 1.165) is 16.6 Å². The van der Waals surface area contributed by atoms with E-state index < -0.39 is 5.97 Å². The SMILES string of the molecule is CCOC(=O)c1[nH]c2ccc(Cl)cc2c1C=Nc1ccc(Cl)cc1. The summed E-state index contributed by atoms with van der Waals surface area (Å²) < 4.78 is 5.11. The van der Waals surface area contributed by atoms with Crippen molar-refractivity contribution in [1.82, 2.24) is 4.98 Å². The number of nitrogens with zero attached hydrogens (tertiary/aromatic N) is 1. The third-order valence-electron chi connectivity index (χ3n) is 3.45. The zero-order chi connectivity index (χ0) is 17.1. The molecule has 1 heterocycles. The van der Waals surface area contributed by atoms with Crippen LogP contribution in [-0.2, 0) is 4.74 Å². The van der Waals surface area contributed by atoms with Crippen LogP contribution in [-0.4, -0.2) is 23.8 Å². The fourth-order valence-corrected chi connectivity index (χ4v) is 2.65. The molecule has 0 amide bonds. The zero-order valence-corrected chi connectivity index (χ0v) is 14.4. The van der Waals surface area contributed by atoms with Crippen LogP contribution < -0.4 is 0 Å². The third kappa shape index (κ3) is 3.45. The van der Waals surface area contributed by atoms with Gasteiger partial charge in [0.15, 0.2) is 0 Å². The summed E-state index contributed by atoms with van der Waals surface area (Å²) in [5.74, 6) is -0.428. The van der Waals surface area contributed by atoms with Gasteiger partial charge in [-0.2, -0.15) is 0 Å². The summed E-state index contributed by atoms with van der Waals surface area (Å²) in [6, 6.07) is 12.5. The highest BCUT2D eigenvalue weighted by Crippen LogP contribution is 2.26. The Hall–Kier alpha value is -2.30. The molecule has 1 N–H and O–H groups in total. The van der Waals surface area contributed by atoms with Crippen molar-refractivity contribution in [1.29, 1.82) is 0 Å². The fourth-order valence-electron chi connectivity index (χ4n) is 2.35. The molecular weight excluding hydrogens is 347 g/mol. The fraction of sp³-hybridized carbons (Fsp3) is 0.111. The normalized spacial score (nSPS) is 11.3. The van der Waals surface area contributed by atoms with Gasteiger partial charge in [-0.05, 0) is 49.4 Å². The number of hydrogen-bond donors (Lipinski definition) is 1. The Balaban J connectivity index is 2.09. The Morgan fingerprint density at radius 2 is 1.88 bits per heavy atom. The highest BCUT2D eigenvalue weighted by atomic mass is 35.5. The lowest BCUT2D eigenvalue weighted by molar-refractivity contribution is 0.0520. The molecule has 0 fully saturated rings. The molecule has 0 spiro atoms. The van der Waals surface area contributed by atoms with E-state index in [2.05, 4.69) is 9.98 Å². The lowest BCUT2D eigenvalue weighted by atomic mass is 10.1. The van der Waals surface area contributed by atoms with Crippen LogP contribution >= 0.6 is 23.2 Å². The van der Waals surface area contributed by atoms with Crippen molar-refractivity contribution in [3.63, 3.8) is 0 Å². The van der Waals surface area contributed by atoms with Gasteiger partial charge in [0, 0.05) is 32.7 Å². The van der Waals surface area contributed by atoms with E-state index in [-0.39, 0.29) is 0 Å². The molecule has 0 aliphatic heterocycles. The highest BCUT2D eigenvalue weighted by molar-refractivity contribution is 6.31. The highest BCUT2D eigenvalue weighted by Gasteiger charge is 2.17. The lowest BCUT2D eigenvalue weighted by Gasteiger charge is -2.01. The number of halogens is 2. The van der Waals surface area contributed by atoms with Crippen LogP contribution in [0.1, 0.15) is 23.0 Å². The number of aromatic nitrogens is 1. The molecule has 3 rings (SSSR count). The number of fused-ring (bicyclic) bond motifs is 1. The van der Waals surface area contributed by atoms with Crippen molar-refractivity contribution in [3.05, 3.63) is 63.8 Å². The minimum Gasteiger partial charge on any atom is -0.461 e. The maximum Gasteiger partial charge on any atom is 0.355 e. The van der Waals surface area contributed by atoms with Crippen LogP contribution in [0.3, 0.4) is 0 Å². The predicted octanol–water partition coefficient (Wildman–Crippen LogP) is 5.40. The molecule has 6 heteroatoms. The number of rotatable bonds is 4. The standard InChI is InChI=1S/C18H14Cl2N2O2/c1-2-24-18(23)17-15(10-21-13-6-3-11(19)4-7-13)14-9-12(20)5-8-16(14)22-17/h3-10,22H,2H2,1H3. The smallest absolute Gasteiger partial charge is 0.355 e. The molecule has 24 heavy (non-hydrogen) atoms. The number of aromatic amines is 1. The van der Waals surface area contributed by atoms with Gasteiger partial charge in [0.1, 0.15) is 5.69 Å². The second kappa shape index (κ2) is 7.07. The minimum absolute atomic E-state index is 0.294. The molecule has 4 nitrogen and oxygen atoms in total. The third-order valence-corrected chi connectivity index (χ3v) is 3.94. The van der Waals surface area contributed by atoms with Gasteiger partial charge in [0.05, 0.1) is 12.3 Å². The van der Waals surface area contributed by atoms with Crippen LogP contribution in [0.2, 0.25) is 10.0 Å². The average Bonchev–Trinajstić information content (AvgIpc) is 2.92. The predicted molar refractivity (Wildman–Crippen MR) is 98.0 cm³/mol. The van der Waals surface area contributed by atoms with Gasteiger partial charge in [-0.3, -0.25) is 4.99 Å². The summed E-state index contributed by atoms with van der Waals surface area (Å²) in [6.45, 7) is 2.06. The Labute approximate surface area is 149 Å². The summed E-state index contributed by atoms with van der Waals surface area (Å²) in [5, 5.41) is 2.03. The van der Waals surface area contributed by atoms with Gasteiger partial charge >= 0.3 is 5.97 Å². The van der Waals surface area contributed by atoms with E-state index in [1.807, 2.05) is 6.07 Å². The van der Waals surface area contributed by atoms with E-state index in [1.165, 1.54) is 0 Å². The number of hydrogen-bond acceptors (Lipinski definition) is 3. The number of H-pyrrole nitrogens is 1. The maximum absolute atomic E-state index is 12.2. The van der Waals surface area contributed by atoms with Crippen molar-refractivity contribution in [2.75, 3.05) is 6.61 Å². The van der Waals surface area contributed by atoms with E-state index in [4.69, 9.17) is 27.9 Å². The number of benzene rings is 2. The molecule has 0 aliphatic carbocycles. The molecule has 0 atom stereocenters. The average molecular weight is 361 g/mol. The van der Waals surface area contributed by atoms with Crippen molar-refractivity contribution >= 4 is 52.0 Å². The molecule has 0 saturated heterocycles. The van der Waals surface area contributed by atoms with E-state index in [0.29, 0.717) is 27.9 Å². The first kappa shape index (κ1) is 16.6. The van der Waals surface area contributed by atoms with Gasteiger partial charge in [-0.1, -0.05) is 23.2 Å². The minimum atomic E-state index is -0.428. The van der Waals surface area contributed by atoms with E-state index >= 15 is 0 Å². The van der Waals surface area contributed by atoms with Gasteiger partial charge < -0.3 is 9.72 Å². The van der Waals surface area contributed by atoms with Crippen molar-refractivity contribution in [3.8, 4) is 0 Å². The molecule has 0 bridgehead atoms. The molecule has 122 valence electrons. The lowest BCUT2D eigenvalue weighted by Crippen LogP contribution is -2.07. The molecule has 3 aromatic rings. The summed E-state index contributed by atoms with van der Waals surface area (Å²) in [5.41, 5.74) is 2.51. The van der Waals surface area contributed by atoms with Crippen LogP contribution in [0.5, 0.6) is 0 Å². The Bertz CT molecular complexity index is 915. The number of carbonyl (C=O) groups is 1. The van der Waals surface area contributed by atoms with Crippen molar-refractivity contribution < 1.29 is 9.53 Å². The second-order valence-electron chi connectivity index (χ2n) is 5.06. The Kier molecular flexibility index (Phi) is 4.88. The molecule has 1 aromatic heterocycles. The number of carbonyl (C=O) groups excluding carboxylic acids is 1. The molecule has 0 saturated carbocycles. The van der Waals surface area contributed by atoms with Crippen molar-refractivity contribution in [2.24, 2.45) is 4.99 Å². The number of ether oxygens (including phenoxy) is 1. The Morgan fingerprint density at radius 1 is 1.17 bits per heavy atom. The van der Waals surface area contributed by atoms with Crippen LogP contribution in [0.4, 0.5) is 5.69 Å². The quantitative estimate of drug-likeness (QED) is 0.500.